The molecule has 5 heteroatoms. The number of benzene rings is 1. The van der Waals surface area contributed by atoms with Crippen LogP contribution in [0.1, 0.15) is 11.7 Å². The van der Waals surface area contributed by atoms with Gasteiger partial charge in [-0.2, -0.15) is 5.11 Å². The second-order valence-corrected chi connectivity index (χ2v) is 2.69. The van der Waals surface area contributed by atoms with Gasteiger partial charge in [-0.25, -0.2) is 15.6 Å². The molecule has 0 aliphatic carbocycles. The number of nitrogens with zero attached hydrogens (tertiary/aromatic N) is 3. The summed E-state index contributed by atoms with van der Waals surface area (Å²) in [6, 6.07) is 8.81. The van der Waals surface area contributed by atoms with Crippen LogP contribution >= 0.6 is 0 Å². The van der Waals surface area contributed by atoms with Gasteiger partial charge in [0.05, 0.1) is 0 Å². The van der Waals surface area contributed by atoms with Gasteiger partial charge in [-0.15, -0.1) is 0 Å². The lowest BCUT2D eigenvalue weighted by molar-refractivity contribution is 0.203. The van der Waals surface area contributed by atoms with Gasteiger partial charge in [0.15, 0.2) is 6.17 Å². The van der Waals surface area contributed by atoms with Crippen LogP contribution in [0.15, 0.2) is 40.6 Å². The molecular weight excluding hydrogens is 168 g/mol. The first-order chi connectivity index (χ1) is 6.29. The van der Waals surface area contributed by atoms with Gasteiger partial charge in [0, 0.05) is 0 Å². The van der Waals surface area contributed by atoms with E-state index in [9.17, 15) is 4.79 Å². The number of hydrogen-bond donors (Lipinski definition) is 1. The zero-order valence-electron chi connectivity index (χ0n) is 6.79. The third kappa shape index (κ3) is 1.29. The predicted molar refractivity (Wildman–Crippen MR) is 45.5 cm³/mol. The third-order valence-corrected chi connectivity index (χ3v) is 1.83. The summed E-state index contributed by atoms with van der Waals surface area (Å²) in [4.78, 5) is 10.9. The fourth-order valence-corrected chi connectivity index (χ4v) is 1.17. The van der Waals surface area contributed by atoms with Gasteiger partial charge in [0.2, 0.25) is 0 Å². The highest BCUT2D eigenvalue weighted by Gasteiger charge is 2.27. The first-order valence-corrected chi connectivity index (χ1v) is 3.83. The summed E-state index contributed by atoms with van der Waals surface area (Å²) in [5.74, 6) is 5.45. The molecule has 0 radical (unpaired) electrons. The fourth-order valence-electron chi connectivity index (χ4n) is 1.17. The maximum absolute atomic E-state index is 10.9. The van der Waals surface area contributed by atoms with Gasteiger partial charge < -0.3 is 0 Å². The minimum atomic E-state index is -0.506. The summed E-state index contributed by atoms with van der Waals surface area (Å²) >= 11 is 0. The van der Waals surface area contributed by atoms with Crippen LogP contribution in [0.3, 0.4) is 0 Å². The molecule has 2 rings (SSSR count). The number of carbonyl (C=O) groups excluding carboxylic acids is 1. The topological polar surface area (TPSA) is 71.0 Å². The number of urea groups is 1. The Morgan fingerprint density at radius 3 is 2.54 bits per heavy atom. The van der Waals surface area contributed by atoms with E-state index in [0.717, 1.165) is 10.6 Å². The highest BCUT2D eigenvalue weighted by Crippen LogP contribution is 2.24. The van der Waals surface area contributed by atoms with Crippen LogP contribution < -0.4 is 5.84 Å². The molecule has 1 aliphatic rings. The first-order valence-electron chi connectivity index (χ1n) is 3.83. The minimum Gasteiger partial charge on any atom is -0.243 e. The molecule has 5 nitrogen and oxygen atoms in total. The molecular formula is C8H8N4O. The van der Waals surface area contributed by atoms with Crippen molar-refractivity contribution in [2.45, 2.75) is 6.17 Å². The molecule has 66 valence electrons. The largest absolute Gasteiger partial charge is 0.378 e. The highest BCUT2D eigenvalue weighted by atomic mass is 16.2. The third-order valence-electron chi connectivity index (χ3n) is 1.83. The van der Waals surface area contributed by atoms with Crippen molar-refractivity contribution in [3.8, 4) is 0 Å². The van der Waals surface area contributed by atoms with Gasteiger partial charge in [-0.05, 0) is 5.56 Å². The second-order valence-electron chi connectivity index (χ2n) is 2.69. The molecule has 2 amide bonds. The summed E-state index contributed by atoms with van der Waals surface area (Å²) in [6.07, 6.45) is -0.464. The molecule has 0 spiro atoms. The van der Waals surface area contributed by atoms with Gasteiger partial charge >= 0.3 is 6.03 Å². The van der Waals surface area contributed by atoms with E-state index in [1.807, 2.05) is 30.3 Å². The quantitative estimate of drug-likeness (QED) is 0.519. The molecule has 0 saturated carbocycles. The SMILES string of the molecule is NN1C(=O)N=NC1c1ccccc1. The standard InChI is InChI=1S/C8H8N4O/c9-12-7(10-11-8(12)13)6-4-2-1-3-5-6/h1-5,7H,9H2. The maximum atomic E-state index is 10.9. The number of hydrazine groups is 1. The number of rotatable bonds is 1. The Kier molecular flexibility index (Phi) is 1.79. The summed E-state index contributed by atoms with van der Waals surface area (Å²) < 4.78 is 0. The Balaban J connectivity index is 2.29. The monoisotopic (exact) mass is 176 g/mol. The molecule has 1 atom stereocenters. The molecule has 1 heterocycles. The smallest absolute Gasteiger partial charge is 0.243 e. The number of carbonyl (C=O) groups is 1. The van der Waals surface area contributed by atoms with Crippen molar-refractivity contribution in [1.29, 1.82) is 0 Å². The molecule has 0 aromatic heterocycles. The molecule has 0 bridgehead atoms. The first kappa shape index (κ1) is 7.88. The maximum Gasteiger partial charge on any atom is 0.378 e. The Morgan fingerprint density at radius 2 is 2.00 bits per heavy atom. The molecule has 0 fully saturated rings. The van der Waals surface area contributed by atoms with Crippen LogP contribution in [0.4, 0.5) is 4.79 Å². The average molecular weight is 176 g/mol. The molecule has 13 heavy (non-hydrogen) atoms. The predicted octanol–water partition coefficient (Wildman–Crippen LogP) is 1.45. The Morgan fingerprint density at radius 1 is 1.31 bits per heavy atom. The fraction of sp³-hybridized carbons (Fsp3) is 0.125. The van der Waals surface area contributed by atoms with Crippen LogP contribution in [0.5, 0.6) is 0 Å². The summed E-state index contributed by atoms with van der Waals surface area (Å²) in [7, 11) is 0. The van der Waals surface area contributed by atoms with Crippen LogP contribution in [-0.2, 0) is 0 Å². The second kappa shape index (κ2) is 2.95. The highest BCUT2D eigenvalue weighted by molar-refractivity contribution is 5.75. The lowest BCUT2D eigenvalue weighted by atomic mass is 10.2. The number of nitrogens with two attached hydrogens (primary N) is 1. The Bertz CT molecular complexity index is 348. The van der Waals surface area contributed by atoms with E-state index in [1.54, 1.807) is 0 Å². The van der Waals surface area contributed by atoms with Crippen molar-refractivity contribution < 1.29 is 4.79 Å². The molecule has 1 aromatic rings. The average Bonchev–Trinajstić information content (AvgIpc) is 2.49. The lowest BCUT2D eigenvalue weighted by Crippen LogP contribution is -2.34. The van der Waals surface area contributed by atoms with E-state index >= 15 is 0 Å². The van der Waals surface area contributed by atoms with Gasteiger partial charge in [-0.1, -0.05) is 35.4 Å². The summed E-state index contributed by atoms with van der Waals surface area (Å²) in [5.41, 5.74) is 0.861. The molecule has 2 N–H and O–H groups in total. The van der Waals surface area contributed by atoms with E-state index in [2.05, 4.69) is 10.2 Å². The van der Waals surface area contributed by atoms with Crippen LogP contribution in [-0.4, -0.2) is 11.0 Å². The van der Waals surface area contributed by atoms with E-state index in [0.29, 0.717) is 0 Å². The van der Waals surface area contributed by atoms with Crippen LogP contribution in [0.2, 0.25) is 0 Å². The summed E-state index contributed by atoms with van der Waals surface area (Å²) in [5, 5.41) is 8.12. The normalized spacial score (nSPS) is 21.2. The van der Waals surface area contributed by atoms with Crippen molar-refractivity contribution in [3.63, 3.8) is 0 Å². The van der Waals surface area contributed by atoms with Crippen molar-refractivity contribution >= 4 is 6.03 Å². The van der Waals surface area contributed by atoms with E-state index in [-0.39, 0.29) is 0 Å². The van der Waals surface area contributed by atoms with Crippen molar-refractivity contribution in [2.75, 3.05) is 0 Å². The lowest BCUT2D eigenvalue weighted by Gasteiger charge is -2.14. The van der Waals surface area contributed by atoms with E-state index in [4.69, 9.17) is 5.84 Å². The van der Waals surface area contributed by atoms with Gasteiger partial charge in [-0.3, -0.25) is 0 Å². The Labute approximate surface area is 74.8 Å². The zero-order chi connectivity index (χ0) is 9.26. The molecule has 1 aliphatic heterocycles. The molecule has 1 unspecified atom stereocenters. The van der Waals surface area contributed by atoms with Crippen molar-refractivity contribution in [1.82, 2.24) is 5.01 Å². The van der Waals surface area contributed by atoms with E-state index in [1.165, 1.54) is 0 Å². The number of hydrogen-bond acceptors (Lipinski definition) is 3. The zero-order valence-corrected chi connectivity index (χ0v) is 6.79. The van der Waals surface area contributed by atoms with Crippen molar-refractivity contribution in [3.05, 3.63) is 35.9 Å². The van der Waals surface area contributed by atoms with Crippen LogP contribution in [0.25, 0.3) is 0 Å². The minimum absolute atomic E-state index is 0.464. The van der Waals surface area contributed by atoms with Gasteiger partial charge in [0.25, 0.3) is 0 Å². The molecule has 0 saturated heterocycles. The van der Waals surface area contributed by atoms with Crippen molar-refractivity contribution in [2.24, 2.45) is 16.1 Å². The van der Waals surface area contributed by atoms with Crippen LogP contribution in [0, 0.1) is 0 Å². The number of azo groups is 1. The van der Waals surface area contributed by atoms with E-state index < -0.39 is 12.2 Å². The molecule has 1 aromatic carbocycles. The van der Waals surface area contributed by atoms with Gasteiger partial charge in [0.1, 0.15) is 0 Å². The number of amides is 2. The Hall–Kier alpha value is -1.75. The summed E-state index contributed by atoms with van der Waals surface area (Å²) in [6.45, 7) is 0.